The number of ether oxygens (including phenoxy) is 1. The number of nitrogens with zero attached hydrogens (tertiary/aromatic N) is 3. The molecule has 8 nitrogen and oxygen atoms in total. The molecule has 3 N–H and O–H groups in total. The summed E-state index contributed by atoms with van der Waals surface area (Å²) in [4.78, 5) is 20.8. The summed E-state index contributed by atoms with van der Waals surface area (Å²) in [6, 6.07) is 9.81. The first-order valence-corrected chi connectivity index (χ1v) is 12.3. The third kappa shape index (κ3) is 7.55. The molecule has 0 fully saturated rings. The quantitative estimate of drug-likeness (QED) is 0.169. The molecule has 0 radical (unpaired) electrons. The van der Waals surface area contributed by atoms with Gasteiger partial charge in [0.2, 0.25) is 5.82 Å². The smallest absolute Gasteiger partial charge is 0.296 e. The number of carbonyl (C=O) groups is 1. The van der Waals surface area contributed by atoms with Gasteiger partial charge in [-0.2, -0.15) is 0 Å². The topological polar surface area (TPSA) is 113 Å². The lowest BCUT2D eigenvalue weighted by Gasteiger charge is -2.17. The molecular weight excluding hydrogens is 535 g/mol. The highest BCUT2D eigenvalue weighted by molar-refractivity contribution is 6.33. The summed E-state index contributed by atoms with van der Waals surface area (Å²) in [7, 11) is 0. The van der Waals surface area contributed by atoms with Gasteiger partial charge >= 0.3 is 0 Å². The van der Waals surface area contributed by atoms with E-state index in [1.54, 1.807) is 44.2 Å². The first-order chi connectivity index (χ1) is 18.5. The second-order valence-electron chi connectivity index (χ2n) is 9.43. The monoisotopic (exact) mass is 559 g/mol. The molecule has 0 atom stereocenters. The molecule has 0 bridgehead atoms. The lowest BCUT2D eigenvalue weighted by Crippen LogP contribution is -2.19. The highest BCUT2D eigenvalue weighted by atomic mass is 35.5. The van der Waals surface area contributed by atoms with Crippen molar-refractivity contribution in [2.45, 2.75) is 38.7 Å². The van der Waals surface area contributed by atoms with Crippen molar-refractivity contribution in [1.29, 1.82) is 0 Å². The van der Waals surface area contributed by atoms with Crippen molar-refractivity contribution in [2.75, 3.05) is 11.9 Å². The van der Waals surface area contributed by atoms with Crippen LogP contribution < -0.4 is 10.1 Å². The van der Waals surface area contributed by atoms with E-state index in [0.717, 1.165) is 6.07 Å². The molecule has 0 saturated heterocycles. The van der Waals surface area contributed by atoms with E-state index < -0.39 is 29.0 Å². The van der Waals surface area contributed by atoms with Crippen LogP contribution in [-0.4, -0.2) is 43.4 Å². The zero-order valence-electron chi connectivity index (χ0n) is 21.1. The Hall–Kier alpha value is -3.96. The molecule has 1 amide bonds. The molecule has 0 aliphatic rings. The number of amides is 1. The summed E-state index contributed by atoms with van der Waals surface area (Å²) in [5, 5.41) is 19.1. The number of aliphatic hydroxyl groups is 1. The molecule has 0 spiro atoms. The van der Waals surface area contributed by atoms with Crippen LogP contribution in [-0.2, 0) is 6.42 Å². The van der Waals surface area contributed by atoms with Crippen LogP contribution in [0.3, 0.4) is 0 Å². The van der Waals surface area contributed by atoms with Gasteiger partial charge in [-0.25, -0.2) is 23.1 Å². The number of aromatic amines is 1. The zero-order valence-corrected chi connectivity index (χ0v) is 21.8. The Balaban J connectivity index is 1.44. The molecule has 39 heavy (non-hydrogen) atoms. The van der Waals surface area contributed by atoms with Crippen molar-refractivity contribution in [3.63, 3.8) is 0 Å². The van der Waals surface area contributed by atoms with E-state index in [9.17, 15) is 23.1 Å². The number of hydrogen-bond donors (Lipinski definition) is 3. The van der Waals surface area contributed by atoms with Crippen molar-refractivity contribution in [3.05, 3.63) is 88.3 Å². The molecule has 12 heteroatoms. The summed E-state index contributed by atoms with van der Waals surface area (Å²) >= 11 is 6.41. The van der Waals surface area contributed by atoms with Crippen LogP contribution in [0.5, 0.6) is 5.75 Å². The van der Waals surface area contributed by atoms with Gasteiger partial charge in [0.15, 0.2) is 11.6 Å². The SMILES string of the molecule is CC(C)(O)CCCOc1ccc(Cl)c(-c2ccnc(NC(=O)c3n[nH]c(Cc4cc(F)cc(F)c4F)n3)c2)c1. The predicted molar refractivity (Wildman–Crippen MR) is 139 cm³/mol. The maximum atomic E-state index is 14.0. The Morgan fingerprint density at radius 3 is 2.72 bits per heavy atom. The van der Waals surface area contributed by atoms with Crippen molar-refractivity contribution < 1.29 is 27.8 Å². The summed E-state index contributed by atoms with van der Waals surface area (Å²) < 4.78 is 46.7. The van der Waals surface area contributed by atoms with E-state index in [1.165, 1.54) is 6.20 Å². The van der Waals surface area contributed by atoms with E-state index in [2.05, 4.69) is 25.5 Å². The van der Waals surface area contributed by atoms with Crippen molar-refractivity contribution in [1.82, 2.24) is 20.2 Å². The van der Waals surface area contributed by atoms with Gasteiger partial charge in [-0.05, 0) is 68.7 Å². The summed E-state index contributed by atoms with van der Waals surface area (Å²) in [6.45, 7) is 3.90. The maximum absolute atomic E-state index is 14.0. The highest BCUT2D eigenvalue weighted by Crippen LogP contribution is 2.32. The van der Waals surface area contributed by atoms with Gasteiger partial charge in [0.1, 0.15) is 23.2 Å². The third-order valence-electron chi connectivity index (χ3n) is 5.61. The van der Waals surface area contributed by atoms with Crippen molar-refractivity contribution >= 4 is 23.3 Å². The van der Waals surface area contributed by atoms with Gasteiger partial charge < -0.3 is 15.2 Å². The Morgan fingerprint density at radius 1 is 1.15 bits per heavy atom. The van der Waals surface area contributed by atoms with Crippen LogP contribution in [0.25, 0.3) is 11.1 Å². The Kier molecular flexibility index (Phi) is 8.51. The fourth-order valence-electron chi connectivity index (χ4n) is 3.74. The lowest BCUT2D eigenvalue weighted by atomic mass is 10.0. The molecule has 0 unspecified atom stereocenters. The fourth-order valence-corrected chi connectivity index (χ4v) is 3.97. The zero-order chi connectivity index (χ0) is 28.2. The first-order valence-electron chi connectivity index (χ1n) is 12.0. The second-order valence-corrected chi connectivity index (χ2v) is 9.84. The molecule has 4 aromatic rings. The van der Waals surface area contributed by atoms with E-state index in [0.29, 0.717) is 47.4 Å². The summed E-state index contributed by atoms with van der Waals surface area (Å²) in [5.74, 6) is -3.62. The van der Waals surface area contributed by atoms with Crippen molar-refractivity contribution in [3.8, 4) is 16.9 Å². The third-order valence-corrected chi connectivity index (χ3v) is 5.94. The number of H-pyrrole nitrogens is 1. The molecule has 2 heterocycles. The molecule has 2 aromatic carbocycles. The van der Waals surface area contributed by atoms with E-state index in [-0.39, 0.29) is 29.5 Å². The number of aromatic nitrogens is 4. The average Bonchev–Trinajstić information content (AvgIpc) is 3.34. The number of halogens is 4. The minimum atomic E-state index is -1.32. The molecule has 4 rings (SSSR count). The number of carbonyl (C=O) groups excluding carboxylic acids is 1. The number of anilines is 1. The Morgan fingerprint density at radius 2 is 1.95 bits per heavy atom. The minimum absolute atomic E-state index is 0.0388. The largest absolute Gasteiger partial charge is 0.494 e. The molecular formula is C27H25ClF3N5O3. The van der Waals surface area contributed by atoms with Crippen LogP contribution in [0.4, 0.5) is 19.0 Å². The van der Waals surface area contributed by atoms with Crippen LogP contribution >= 0.6 is 11.6 Å². The second kappa shape index (κ2) is 11.8. The van der Waals surface area contributed by atoms with Gasteiger partial charge in [-0.3, -0.25) is 9.89 Å². The van der Waals surface area contributed by atoms with Crippen LogP contribution in [0.1, 0.15) is 48.7 Å². The molecule has 0 aliphatic heterocycles. The standard InChI is InChI=1S/C27H25ClF3N5O3/c1-27(2,38)7-3-9-39-18-4-5-20(28)19(14-18)15-6-8-32-22(11-15)34-26(37)25-33-23(35-36-25)12-16-10-17(29)13-21(30)24(16)31/h4-6,8,10-11,13-14,38H,3,7,9,12H2,1-2H3,(H,32,34,37)(H,33,35,36). The lowest BCUT2D eigenvalue weighted by molar-refractivity contribution is 0.0641. The summed E-state index contributed by atoms with van der Waals surface area (Å²) in [5.41, 5.74) is 0.272. The predicted octanol–water partition coefficient (Wildman–Crippen LogP) is 5.71. The van der Waals surface area contributed by atoms with Crippen LogP contribution in [0.15, 0.2) is 48.7 Å². The average molecular weight is 560 g/mol. The number of hydrogen-bond acceptors (Lipinski definition) is 6. The number of pyridine rings is 1. The van der Waals surface area contributed by atoms with E-state index in [4.69, 9.17) is 16.3 Å². The number of nitrogens with one attached hydrogen (secondary N) is 2. The van der Waals surface area contributed by atoms with Crippen LogP contribution in [0, 0.1) is 17.5 Å². The van der Waals surface area contributed by atoms with E-state index in [1.807, 2.05) is 0 Å². The summed E-state index contributed by atoms with van der Waals surface area (Å²) in [6.07, 6.45) is 2.45. The van der Waals surface area contributed by atoms with Crippen molar-refractivity contribution in [2.24, 2.45) is 0 Å². The normalized spacial score (nSPS) is 11.5. The maximum Gasteiger partial charge on any atom is 0.296 e. The van der Waals surface area contributed by atoms with Gasteiger partial charge in [-0.1, -0.05) is 11.6 Å². The van der Waals surface area contributed by atoms with E-state index >= 15 is 0 Å². The first kappa shape index (κ1) is 28.1. The fraction of sp³-hybridized carbons (Fsp3) is 0.259. The van der Waals surface area contributed by atoms with Gasteiger partial charge in [0.05, 0.1) is 12.2 Å². The van der Waals surface area contributed by atoms with Gasteiger partial charge in [0.25, 0.3) is 5.91 Å². The molecule has 204 valence electrons. The Labute approximate surface area is 227 Å². The Bertz CT molecular complexity index is 1490. The molecule has 0 aliphatic carbocycles. The number of benzene rings is 2. The molecule has 2 aromatic heterocycles. The van der Waals surface area contributed by atoms with Crippen LogP contribution in [0.2, 0.25) is 5.02 Å². The minimum Gasteiger partial charge on any atom is -0.494 e. The van der Waals surface area contributed by atoms with Gasteiger partial charge in [-0.15, -0.1) is 5.10 Å². The number of rotatable bonds is 10. The molecule has 0 saturated carbocycles. The van der Waals surface area contributed by atoms with Gasteiger partial charge in [0, 0.05) is 34.8 Å². The highest BCUT2D eigenvalue weighted by Gasteiger charge is 2.18.